The number of carbonyl (C=O) groups excluding carboxylic acids is 1. The van der Waals surface area contributed by atoms with E-state index >= 15 is 0 Å². The largest absolute Gasteiger partial charge is 0.383 e. The first-order valence-electron chi connectivity index (χ1n) is 10.2. The van der Waals surface area contributed by atoms with Crippen molar-refractivity contribution >= 4 is 16.0 Å². The van der Waals surface area contributed by atoms with E-state index in [-0.39, 0.29) is 23.7 Å². The summed E-state index contributed by atoms with van der Waals surface area (Å²) in [4.78, 5) is 15.1. The van der Waals surface area contributed by atoms with Gasteiger partial charge in [-0.2, -0.15) is 8.42 Å². The second kappa shape index (κ2) is 10.8. The van der Waals surface area contributed by atoms with Crippen LogP contribution in [0.15, 0.2) is 24.3 Å². The van der Waals surface area contributed by atoms with E-state index in [1.165, 1.54) is 0 Å². The molecule has 7 heteroatoms. The summed E-state index contributed by atoms with van der Waals surface area (Å²) >= 11 is 0. The molecule has 1 aliphatic heterocycles. The summed E-state index contributed by atoms with van der Waals surface area (Å²) in [5, 5.41) is 0. The molecule has 6 nitrogen and oxygen atoms in total. The van der Waals surface area contributed by atoms with E-state index in [4.69, 9.17) is 8.92 Å². The van der Waals surface area contributed by atoms with Gasteiger partial charge in [-0.3, -0.25) is 4.79 Å². The number of benzene rings is 1. The van der Waals surface area contributed by atoms with Gasteiger partial charge in [0.05, 0.1) is 12.4 Å². The van der Waals surface area contributed by atoms with Gasteiger partial charge in [-0.05, 0) is 43.4 Å². The molecule has 1 heterocycles. The van der Waals surface area contributed by atoms with Crippen LogP contribution in [0.5, 0.6) is 5.75 Å². The van der Waals surface area contributed by atoms with Crippen molar-refractivity contribution in [1.82, 2.24) is 4.90 Å². The van der Waals surface area contributed by atoms with Gasteiger partial charge in [-0.1, -0.05) is 38.8 Å². The lowest BCUT2D eigenvalue weighted by molar-refractivity contribution is -0.138. The summed E-state index contributed by atoms with van der Waals surface area (Å²) in [6.07, 6.45) is 7.02. The highest BCUT2D eigenvalue weighted by Crippen LogP contribution is 2.22. The van der Waals surface area contributed by atoms with Crippen LogP contribution in [0.25, 0.3) is 0 Å². The third-order valence-corrected chi connectivity index (χ3v) is 5.55. The van der Waals surface area contributed by atoms with Crippen LogP contribution in [0, 0.1) is 5.92 Å². The van der Waals surface area contributed by atoms with E-state index in [0.29, 0.717) is 13.1 Å². The molecular formula is C21H33NO5S. The van der Waals surface area contributed by atoms with Gasteiger partial charge in [0.25, 0.3) is 0 Å². The molecule has 0 aliphatic carbocycles. The fourth-order valence-corrected chi connectivity index (χ4v) is 3.98. The number of rotatable bonds is 11. The van der Waals surface area contributed by atoms with Gasteiger partial charge < -0.3 is 13.8 Å². The monoisotopic (exact) mass is 411 g/mol. The van der Waals surface area contributed by atoms with Crippen LogP contribution >= 0.6 is 0 Å². The summed E-state index contributed by atoms with van der Waals surface area (Å²) in [5.41, 5.74) is 0.942. The lowest BCUT2D eigenvalue weighted by atomic mass is 9.97. The quantitative estimate of drug-likeness (QED) is 0.519. The second-order valence-electron chi connectivity index (χ2n) is 7.53. The maximum absolute atomic E-state index is 13.2. The molecule has 0 spiro atoms. The highest BCUT2D eigenvalue weighted by atomic mass is 32.2. The molecule has 158 valence electrons. The molecule has 1 aromatic rings. The molecule has 1 aliphatic rings. The lowest BCUT2D eigenvalue weighted by Gasteiger charge is -2.29. The molecule has 0 unspecified atom stereocenters. The van der Waals surface area contributed by atoms with Crippen LogP contribution in [0.4, 0.5) is 0 Å². The molecular weight excluding hydrogens is 378 g/mol. The Kier molecular flexibility index (Phi) is 8.76. The van der Waals surface area contributed by atoms with Crippen molar-refractivity contribution in [3.63, 3.8) is 0 Å². The summed E-state index contributed by atoms with van der Waals surface area (Å²) in [7, 11) is -3.55. The van der Waals surface area contributed by atoms with E-state index in [1.54, 1.807) is 12.1 Å². The van der Waals surface area contributed by atoms with Crippen LogP contribution in [-0.4, -0.2) is 44.7 Å². The Labute approximate surface area is 169 Å². The number of amides is 1. The average molecular weight is 412 g/mol. The van der Waals surface area contributed by atoms with Gasteiger partial charge in [0, 0.05) is 25.6 Å². The number of nitrogens with zero attached hydrogens (tertiary/aromatic N) is 1. The minimum atomic E-state index is -3.55. The van der Waals surface area contributed by atoms with Crippen molar-refractivity contribution in [2.75, 3.05) is 19.4 Å². The van der Waals surface area contributed by atoms with Gasteiger partial charge in [-0.15, -0.1) is 0 Å². The third-order valence-electron chi connectivity index (χ3n) is 5.05. The summed E-state index contributed by atoms with van der Waals surface area (Å²) in [6.45, 7) is 6.06. The minimum Gasteiger partial charge on any atom is -0.383 e. The zero-order valence-corrected chi connectivity index (χ0v) is 18.0. The Morgan fingerprint density at radius 2 is 2.00 bits per heavy atom. The SMILES string of the molecule is CCCC[C@@H](CC)C(=O)N(Cc1ccc(OS(C)(=O)=O)cc1)C[C@H]1CCCO1. The molecule has 1 aromatic carbocycles. The van der Waals surface area contributed by atoms with Crippen molar-refractivity contribution in [2.24, 2.45) is 5.92 Å². The van der Waals surface area contributed by atoms with E-state index < -0.39 is 10.1 Å². The Hall–Kier alpha value is -1.60. The lowest BCUT2D eigenvalue weighted by Crippen LogP contribution is -2.40. The van der Waals surface area contributed by atoms with E-state index in [9.17, 15) is 13.2 Å². The number of ether oxygens (including phenoxy) is 1. The first-order valence-corrected chi connectivity index (χ1v) is 12.0. The predicted molar refractivity (Wildman–Crippen MR) is 110 cm³/mol. The summed E-state index contributed by atoms with van der Waals surface area (Å²) in [5.74, 6) is 0.495. The standard InChI is InChI=1S/C21H33NO5S/c1-4-6-8-18(5-2)21(23)22(16-20-9-7-14-26-20)15-17-10-12-19(13-11-17)27-28(3,24)25/h10-13,18,20H,4-9,14-16H2,1-3H3/t18-,20-/m1/s1. The van der Waals surface area contributed by atoms with Crippen LogP contribution < -0.4 is 4.18 Å². The van der Waals surface area contributed by atoms with Gasteiger partial charge in [0.1, 0.15) is 5.75 Å². The Balaban J connectivity index is 2.10. The van der Waals surface area contributed by atoms with Gasteiger partial charge in [0.15, 0.2) is 0 Å². The van der Waals surface area contributed by atoms with Crippen LogP contribution in [0.2, 0.25) is 0 Å². The number of unbranched alkanes of at least 4 members (excludes halogenated alkanes) is 1. The molecule has 1 saturated heterocycles. The van der Waals surface area contributed by atoms with Crippen molar-refractivity contribution in [3.05, 3.63) is 29.8 Å². The number of hydrogen-bond acceptors (Lipinski definition) is 5. The fraction of sp³-hybridized carbons (Fsp3) is 0.667. The van der Waals surface area contributed by atoms with Gasteiger partial charge >= 0.3 is 10.1 Å². The molecule has 0 bridgehead atoms. The van der Waals surface area contributed by atoms with E-state index in [0.717, 1.165) is 57.0 Å². The van der Waals surface area contributed by atoms with Gasteiger partial charge in [-0.25, -0.2) is 0 Å². The predicted octanol–water partition coefficient (Wildman–Crippen LogP) is 3.75. The highest BCUT2D eigenvalue weighted by molar-refractivity contribution is 7.86. The number of carbonyl (C=O) groups is 1. The van der Waals surface area contributed by atoms with Gasteiger partial charge in [0.2, 0.25) is 5.91 Å². The Bertz CT molecular complexity index is 711. The van der Waals surface area contributed by atoms with Crippen molar-refractivity contribution in [1.29, 1.82) is 0 Å². The average Bonchev–Trinajstić information content (AvgIpc) is 3.15. The molecule has 0 saturated carbocycles. The molecule has 0 aromatic heterocycles. The van der Waals surface area contributed by atoms with Crippen LogP contribution in [0.3, 0.4) is 0 Å². The van der Waals surface area contributed by atoms with E-state index in [1.807, 2.05) is 17.0 Å². The zero-order valence-electron chi connectivity index (χ0n) is 17.2. The maximum atomic E-state index is 13.2. The molecule has 0 radical (unpaired) electrons. The first-order chi connectivity index (χ1) is 13.3. The second-order valence-corrected chi connectivity index (χ2v) is 9.11. The normalized spacial score (nSPS) is 18.0. The smallest absolute Gasteiger partial charge is 0.306 e. The molecule has 1 amide bonds. The highest BCUT2D eigenvalue weighted by Gasteiger charge is 2.27. The summed E-state index contributed by atoms with van der Waals surface area (Å²) < 4.78 is 33.2. The number of hydrogen-bond donors (Lipinski definition) is 0. The maximum Gasteiger partial charge on any atom is 0.306 e. The van der Waals surface area contributed by atoms with Crippen molar-refractivity contribution < 1.29 is 22.1 Å². The van der Waals surface area contributed by atoms with Crippen molar-refractivity contribution in [3.8, 4) is 5.75 Å². The molecule has 28 heavy (non-hydrogen) atoms. The summed E-state index contributed by atoms with van der Waals surface area (Å²) in [6, 6.07) is 6.87. The molecule has 2 rings (SSSR count). The van der Waals surface area contributed by atoms with Crippen molar-refractivity contribution in [2.45, 2.75) is 65.0 Å². The molecule has 2 atom stereocenters. The topological polar surface area (TPSA) is 72.9 Å². The Morgan fingerprint density at radius 3 is 2.54 bits per heavy atom. The zero-order chi connectivity index (χ0) is 20.6. The van der Waals surface area contributed by atoms with Crippen LogP contribution in [-0.2, 0) is 26.2 Å². The third kappa shape index (κ3) is 7.43. The van der Waals surface area contributed by atoms with E-state index in [2.05, 4.69) is 13.8 Å². The van der Waals surface area contributed by atoms with Crippen LogP contribution in [0.1, 0.15) is 57.9 Å². The molecule has 0 N–H and O–H groups in total. The fourth-order valence-electron chi connectivity index (χ4n) is 3.52. The minimum absolute atomic E-state index is 0.0363. The Morgan fingerprint density at radius 1 is 1.29 bits per heavy atom. The molecule has 1 fully saturated rings. The first kappa shape index (κ1) is 22.7.